The number of ether oxygens (including phenoxy) is 1. The van der Waals surface area contributed by atoms with E-state index in [0.717, 1.165) is 31.2 Å². The lowest BCUT2D eigenvalue weighted by molar-refractivity contribution is 0.0702. The van der Waals surface area contributed by atoms with E-state index in [4.69, 9.17) is 9.84 Å². The van der Waals surface area contributed by atoms with Gasteiger partial charge in [-0.15, -0.1) is 0 Å². The van der Waals surface area contributed by atoms with E-state index < -0.39 is 5.97 Å². The molecule has 16 heavy (non-hydrogen) atoms. The number of aromatic nitrogens is 1. The Bertz CT molecular complexity index is 380. The number of rotatable bonds is 4. The molecule has 1 atom stereocenters. The monoisotopic (exact) mass is 242 g/mol. The van der Waals surface area contributed by atoms with Crippen LogP contribution in [0.3, 0.4) is 0 Å². The number of methoxy groups -OCH3 is 1. The number of thiazole rings is 1. The molecule has 1 unspecified atom stereocenters. The van der Waals surface area contributed by atoms with Crippen molar-refractivity contribution in [2.45, 2.75) is 6.42 Å². The topological polar surface area (TPSA) is 62.7 Å². The molecule has 1 aliphatic heterocycles. The number of aromatic carboxylic acids is 1. The van der Waals surface area contributed by atoms with Crippen LogP contribution in [0, 0.1) is 5.92 Å². The number of hydrogen-bond donors (Lipinski definition) is 1. The van der Waals surface area contributed by atoms with Gasteiger partial charge in [0, 0.05) is 26.1 Å². The van der Waals surface area contributed by atoms with Crippen LogP contribution >= 0.6 is 11.3 Å². The van der Waals surface area contributed by atoms with Crippen LogP contribution in [0.15, 0.2) is 6.20 Å². The van der Waals surface area contributed by atoms with Gasteiger partial charge in [-0.3, -0.25) is 0 Å². The zero-order chi connectivity index (χ0) is 11.5. The van der Waals surface area contributed by atoms with Gasteiger partial charge in [-0.25, -0.2) is 9.78 Å². The molecule has 1 aromatic heterocycles. The van der Waals surface area contributed by atoms with Crippen molar-refractivity contribution in [2.75, 3.05) is 31.7 Å². The van der Waals surface area contributed by atoms with Gasteiger partial charge in [0.05, 0.1) is 12.8 Å². The van der Waals surface area contributed by atoms with Gasteiger partial charge >= 0.3 is 5.97 Å². The van der Waals surface area contributed by atoms with Gasteiger partial charge in [0.25, 0.3) is 0 Å². The molecule has 0 amide bonds. The summed E-state index contributed by atoms with van der Waals surface area (Å²) in [5, 5.41) is 9.61. The molecule has 1 N–H and O–H groups in total. The lowest BCUT2D eigenvalue weighted by Crippen LogP contribution is -2.20. The molecular weight excluding hydrogens is 228 g/mol. The fourth-order valence-electron chi connectivity index (χ4n) is 1.89. The maximum atomic E-state index is 10.7. The van der Waals surface area contributed by atoms with Crippen molar-refractivity contribution in [1.82, 2.24) is 4.98 Å². The van der Waals surface area contributed by atoms with Crippen LogP contribution in [0.1, 0.15) is 16.1 Å². The molecule has 88 valence electrons. The standard InChI is InChI=1S/C10H14N2O3S/c1-15-6-7-2-3-12(5-7)10-11-4-8(16-10)9(13)14/h4,7H,2-3,5-6H2,1H3,(H,13,14). The second-order valence-electron chi connectivity index (χ2n) is 3.87. The van der Waals surface area contributed by atoms with Crippen LogP contribution in [0.2, 0.25) is 0 Å². The number of hydrogen-bond acceptors (Lipinski definition) is 5. The van der Waals surface area contributed by atoms with Gasteiger partial charge in [-0.1, -0.05) is 11.3 Å². The Balaban J connectivity index is 2.00. The zero-order valence-corrected chi connectivity index (χ0v) is 9.87. The van der Waals surface area contributed by atoms with Crippen molar-refractivity contribution in [2.24, 2.45) is 5.92 Å². The van der Waals surface area contributed by atoms with Gasteiger partial charge < -0.3 is 14.7 Å². The summed E-state index contributed by atoms with van der Waals surface area (Å²) in [7, 11) is 1.70. The van der Waals surface area contributed by atoms with Crippen molar-refractivity contribution in [3.8, 4) is 0 Å². The number of carboxylic acid groups (broad SMARTS) is 1. The molecule has 0 bridgehead atoms. The highest BCUT2D eigenvalue weighted by atomic mass is 32.1. The minimum absolute atomic E-state index is 0.296. The van der Waals surface area contributed by atoms with Crippen LogP contribution in [0.5, 0.6) is 0 Å². The Kier molecular flexibility index (Phi) is 3.40. The van der Waals surface area contributed by atoms with E-state index in [2.05, 4.69) is 9.88 Å². The first-order valence-electron chi connectivity index (χ1n) is 5.13. The molecule has 6 heteroatoms. The van der Waals surface area contributed by atoms with Gasteiger partial charge in [0.1, 0.15) is 4.88 Å². The van der Waals surface area contributed by atoms with Crippen molar-refractivity contribution in [1.29, 1.82) is 0 Å². The first kappa shape index (κ1) is 11.3. The highest BCUT2D eigenvalue weighted by Crippen LogP contribution is 2.28. The predicted octanol–water partition coefficient (Wildman–Crippen LogP) is 1.31. The second kappa shape index (κ2) is 4.80. The number of nitrogens with zero attached hydrogens (tertiary/aromatic N) is 2. The van der Waals surface area contributed by atoms with E-state index in [-0.39, 0.29) is 0 Å². The highest BCUT2D eigenvalue weighted by Gasteiger charge is 2.25. The third-order valence-corrected chi connectivity index (χ3v) is 3.71. The molecule has 1 aromatic rings. The molecule has 1 saturated heterocycles. The average molecular weight is 242 g/mol. The van der Waals surface area contributed by atoms with E-state index in [1.165, 1.54) is 17.5 Å². The summed E-state index contributed by atoms with van der Waals surface area (Å²) in [6.07, 6.45) is 2.50. The maximum absolute atomic E-state index is 10.7. The summed E-state index contributed by atoms with van der Waals surface area (Å²) in [5.41, 5.74) is 0. The second-order valence-corrected chi connectivity index (χ2v) is 4.88. The summed E-state index contributed by atoms with van der Waals surface area (Å²) in [4.78, 5) is 17.3. The van der Waals surface area contributed by atoms with Crippen LogP contribution in [0.4, 0.5) is 5.13 Å². The van der Waals surface area contributed by atoms with Crippen LogP contribution < -0.4 is 4.90 Å². The van der Waals surface area contributed by atoms with Crippen molar-refractivity contribution in [3.05, 3.63) is 11.1 Å². The molecule has 0 saturated carbocycles. The van der Waals surface area contributed by atoms with Crippen LogP contribution in [-0.4, -0.2) is 42.9 Å². The quantitative estimate of drug-likeness (QED) is 0.862. The molecule has 1 fully saturated rings. The molecular formula is C10H14N2O3S. The summed E-state index contributed by atoms with van der Waals surface area (Å²) in [6, 6.07) is 0. The van der Waals surface area contributed by atoms with E-state index in [1.54, 1.807) is 7.11 Å². The van der Waals surface area contributed by atoms with E-state index in [1.807, 2.05) is 0 Å². The fourth-order valence-corrected chi connectivity index (χ4v) is 2.68. The predicted molar refractivity (Wildman–Crippen MR) is 61.3 cm³/mol. The molecule has 0 aromatic carbocycles. The highest BCUT2D eigenvalue weighted by molar-refractivity contribution is 7.17. The average Bonchev–Trinajstić information content (AvgIpc) is 2.84. The van der Waals surface area contributed by atoms with Gasteiger partial charge in [0.15, 0.2) is 5.13 Å². The van der Waals surface area contributed by atoms with Crippen molar-refractivity contribution in [3.63, 3.8) is 0 Å². The Labute approximate surface area is 97.7 Å². The third-order valence-electron chi connectivity index (χ3n) is 2.66. The Morgan fingerprint density at radius 3 is 3.25 bits per heavy atom. The van der Waals surface area contributed by atoms with Crippen LogP contribution in [0.25, 0.3) is 0 Å². The fraction of sp³-hybridized carbons (Fsp3) is 0.600. The van der Waals surface area contributed by atoms with Crippen molar-refractivity contribution < 1.29 is 14.6 Å². The van der Waals surface area contributed by atoms with Crippen LogP contribution in [-0.2, 0) is 4.74 Å². The van der Waals surface area contributed by atoms with Gasteiger partial charge in [-0.05, 0) is 6.42 Å². The number of carbonyl (C=O) groups is 1. The summed E-state index contributed by atoms with van der Waals surface area (Å²) >= 11 is 1.23. The lowest BCUT2D eigenvalue weighted by atomic mass is 10.1. The molecule has 0 spiro atoms. The maximum Gasteiger partial charge on any atom is 0.347 e. The van der Waals surface area contributed by atoms with Crippen molar-refractivity contribution >= 4 is 22.4 Å². The molecule has 2 rings (SSSR count). The summed E-state index contributed by atoms with van der Waals surface area (Å²) < 4.78 is 5.12. The normalized spacial score (nSPS) is 20.3. The smallest absolute Gasteiger partial charge is 0.347 e. The molecule has 0 radical (unpaired) electrons. The Morgan fingerprint density at radius 2 is 2.62 bits per heavy atom. The molecule has 0 aliphatic carbocycles. The summed E-state index contributed by atoms with van der Waals surface area (Å²) in [5.74, 6) is -0.376. The minimum Gasteiger partial charge on any atom is -0.477 e. The molecule has 1 aliphatic rings. The van der Waals surface area contributed by atoms with E-state index in [9.17, 15) is 4.79 Å². The molecule has 2 heterocycles. The third kappa shape index (κ3) is 2.33. The zero-order valence-electron chi connectivity index (χ0n) is 9.05. The largest absolute Gasteiger partial charge is 0.477 e. The number of carboxylic acids is 1. The SMILES string of the molecule is COCC1CCN(c2ncc(C(=O)O)s2)C1. The van der Waals surface area contributed by atoms with E-state index >= 15 is 0 Å². The van der Waals surface area contributed by atoms with Gasteiger partial charge in [0.2, 0.25) is 0 Å². The lowest BCUT2D eigenvalue weighted by Gasteiger charge is -2.14. The van der Waals surface area contributed by atoms with E-state index in [0.29, 0.717) is 10.8 Å². The first-order chi connectivity index (χ1) is 7.70. The Morgan fingerprint density at radius 1 is 1.81 bits per heavy atom. The first-order valence-corrected chi connectivity index (χ1v) is 5.95. The number of anilines is 1. The molecule has 5 nitrogen and oxygen atoms in total. The summed E-state index contributed by atoms with van der Waals surface area (Å²) in [6.45, 7) is 2.59. The minimum atomic E-state index is -0.906. The van der Waals surface area contributed by atoms with Gasteiger partial charge in [-0.2, -0.15) is 0 Å². The Hall–Kier alpha value is -1.14.